The van der Waals surface area contributed by atoms with Crippen molar-refractivity contribution in [2.24, 2.45) is 0 Å². The zero-order valence-corrected chi connectivity index (χ0v) is 53.7. The Morgan fingerprint density at radius 1 is 0.315 bits per heavy atom. The molecule has 15 nitrogen and oxygen atoms in total. The monoisotopic (exact) mass is 1270 g/mol. The Kier molecular flexibility index (Phi) is 16.1. The van der Waals surface area contributed by atoms with Crippen LogP contribution in [0.1, 0.15) is 84.6 Å². The minimum absolute atomic E-state index is 0. The Bertz CT molecular complexity index is 5280. The van der Waals surface area contributed by atoms with Gasteiger partial charge in [-0.05, 0) is 89.4 Å². The zero-order chi connectivity index (χ0) is 62.0. The van der Waals surface area contributed by atoms with Gasteiger partial charge in [0.05, 0.1) is 93.3 Å². The van der Waals surface area contributed by atoms with Crippen molar-refractivity contribution in [1.82, 2.24) is 39.9 Å². The van der Waals surface area contributed by atoms with E-state index in [2.05, 4.69) is 120 Å². The quantitative estimate of drug-likeness (QED) is 0.0425. The molecule has 92 heavy (non-hydrogen) atoms. The summed E-state index contributed by atoms with van der Waals surface area (Å²) in [5, 5.41) is 13.5. The maximum Gasteiger partial charge on any atom is 2.00 e. The van der Waals surface area contributed by atoms with Gasteiger partial charge >= 0.3 is 17.1 Å². The van der Waals surface area contributed by atoms with Gasteiger partial charge in [-0.3, -0.25) is 0 Å². The van der Waals surface area contributed by atoms with Gasteiger partial charge in [0.25, 0.3) is 0 Å². The molecule has 2 aliphatic heterocycles. The third kappa shape index (κ3) is 9.67. The predicted molar refractivity (Wildman–Crippen MR) is 365 cm³/mol. The molecule has 0 saturated carbocycles. The number of aryl methyl sites for hydroxylation is 1. The maximum atomic E-state index is 7.15. The number of ether oxygens (including phenoxy) is 7. The fourth-order valence-electron chi connectivity index (χ4n) is 13.4. The van der Waals surface area contributed by atoms with E-state index in [0.29, 0.717) is 134 Å². The summed E-state index contributed by atoms with van der Waals surface area (Å²) in [6.45, 7) is 12.4. The van der Waals surface area contributed by atoms with Gasteiger partial charge in [-0.15, -0.1) is 0 Å². The fraction of sp³-hybridized carbons (Fsp3) is 0.263. The molecule has 5 heterocycles. The largest absolute Gasteiger partial charge is 2.00 e. The van der Waals surface area contributed by atoms with Crippen molar-refractivity contribution in [2.75, 3.05) is 47.8 Å². The molecule has 0 atom stereocenters. The van der Waals surface area contributed by atoms with Crippen LogP contribution in [0.5, 0.6) is 40.2 Å². The van der Waals surface area contributed by atoms with Crippen LogP contribution in [0.4, 0.5) is 0 Å². The number of nitrogens with zero attached hydrogens (tertiary/aromatic N) is 8. The van der Waals surface area contributed by atoms with E-state index in [9.17, 15) is 0 Å². The molecule has 10 aromatic carbocycles. The van der Waals surface area contributed by atoms with Crippen LogP contribution in [0.25, 0.3) is 154 Å². The van der Waals surface area contributed by atoms with E-state index < -0.39 is 0 Å². The molecule has 0 N–H and O–H groups in total. The van der Waals surface area contributed by atoms with Crippen molar-refractivity contribution in [3.63, 3.8) is 0 Å². The number of benzene rings is 10. The van der Waals surface area contributed by atoms with Crippen molar-refractivity contribution in [1.29, 1.82) is 0 Å². The Balaban J connectivity index is 0.00000735. The van der Waals surface area contributed by atoms with E-state index in [4.69, 9.17) is 73.0 Å². The third-order valence-electron chi connectivity index (χ3n) is 17.8. The molecule has 16 heteroatoms. The van der Waals surface area contributed by atoms with Crippen LogP contribution in [0.2, 0.25) is 0 Å². The molecule has 0 aliphatic carbocycles. The summed E-state index contributed by atoms with van der Waals surface area (Å²) in [5.74, 6) is 5.22. The molecule has 0 spiro atoms. The van der Waals surface area contributed by atoms with Crippen LogP contribution < -0.4 is 43.1 Å². The van der Waals surface area contributed by atoms with Crippen LogP contribution in [0.15, 0.2) is 121 Å². The Morgan fingerprint density at radius 3 is 0.870 bits per heavy atom. The number of methoxy groups -OCH3 is 3. The summed E-state index contributed by atoms with van der Waals surface area (Å²) in [7, 11) is 5.02. The fourth-order valence-corrected chi connectivity index (χ4v) is 13.4. The van der Waals surface area contributed by atoms with E-state index in [0.717, 1.165) is 127 Å². The average molecular weight is 1270 g/mol. The summed E-state index contributed by atoms with van der Waals surface area (Å²) in [5.41, 5.74) is 4.56. The summed E-state index contributed by atoms with van der Waals surface area (Å²) in [6, 6.07) is 41.7. The number of hydrogen-bond donors (Lipinski definition) is 0. The maximum absolute atomic E-state index is 7.15. The molecule has 1 radical (unpaired) electrons. The second-order valence-electron chi connectivity index (χ2n) is 23.4. The summed E-state index contributed by atoms with van der Waals surface area (Å²) >= 11 is 0. The molecule has 465 valence electrons. The van der Waals surface area contributed by atoms with Gasteiger partial charge in [0, 0.05) is 81.8 Å². The third-order valence-corrected chi connectivity index (χ3v) is 17.8. The van der Waals surface area contributed by atoms with Crippen molar-refractivity contribution >= 4 is 109 Å². The SMILES string of the molecule is CCCCOc1c2c(c(OCCCC)c3cc4ccccc4cc13)-c1nc-2nc2[n-]c(nc3nc(nc4[n-]c(n1)c1c(OC)c5ccccc5c(OC)c41)-c1c-3c(OCCCC)c3cc4ccccc4cc3c1OCCCC)c1c(OC)c3ccccc3c(C)c21.[Cu+2]. The first kappa shape index (κ1) is 59.8. The average Bonchev–Trinajstić information content (AvgIpc) is 1.52. The first-order chi connectivity index (χ1) is 44.8. The number of aromatic nitrogens is 8. The van der Waals surface area contributed by atoms with Gasteiger partial charge < -0.3 is 63.1 Å². The second kappa shape index (κ2) is 24.8. The Labute approximate surface area is 542 Å². The zero-order valence-electron chi connectivity index (χ0n) is 52.8. The molecule has 0 fully saturated rings. The van der Waals surface area contributed by atoms with E-state index >= 15 is 0 Å². The second-order valence-corrected chi connectivity index (χ2v) is 23.4. The van der Waals surface area contributed by atoms with Crippen LogP contribution in [-0.2, 0) is 17.1 Å². The molecule has 0 saturated heterocycles. The number of fused-ring (bicyclic) bond motifs is 26. The van der Waals surface area contributed by atoms with E-state index in [-0.39, 0.29) is 34.2 Å². The normalized spacial score (nSPS) is 11.9. The smallest absolute Gasteiger partial charge is 0.495 e. The van der Waals surface area contributed by atoms with Gasteiger partial charge in [-0.1, -0.05) is 150 Å². The van der Waals surface area contributed by atoms with Gasteiger partial charge in [0.2, 0.25) is 0 Å². The van der Waals surface area contributed by atoms with E-state index in [1.54, 1.807) is 21.3 Å². The molecule has 13 aromatic rings. The number of unbranched alkanes of at least 4 members (excludes halogenated alkanes) is 4. The van der Waals surface area contributed by atoms with Gasteiger partial charge in [0.15, 0.2) is 0 Å². The van der Waals surface area contributed by atoms with Crippen molar-refractivity contribution < 1.29 is 50.2 Å². The molecular formula is C76H68CuN8O7. The number of rotatable bonds is 19. The molecule has 8 bridgehead atoms. The summed E-state index contributed by atoms with van der Waals surface area (Å²) < 4.78 is 48.3. The Morgan fingerprint density at radius 2 is 0.576 bits per heavy atom. The minimum atomic E-state index is 0. The first-order valence-corrected chi connectivity index (χ1v) is 31.8. The van der Waals surface area contributed by atoms with Crippen molar-refractivity contribution in [3.8, 4) is 85.8 Å². The molecular weight excluding hydrogens is 1200 g/mol. The summed E-state index contributed by atoms with van der Waals surface area (Å²) in [4.78, 5) is 45.0. The standard InChI is InChI=1S/C76H68N8O7.Cu/c1-9-13-33-88-65-50-37-42-25-17-18-26-43(42)38-51(50)66(89-34-14-10-2)59-58(65)73-78-69-54-41(5)46-29-21-22-30-47(46)62(85-6)55(54)70(77-69)79-74-60-61(68(91-36-16-12-4)53-40-45-28-20-19-27-44(45)39-52(53)67(60)90-35-15-11-3)76(84-74)82-72-57-56(71(80-72)81-75(59)83-73)63(86-7)48-31-23-24-32-49(48)64(57)87-8;/h17-32,37-40H,9-16,33-36H2,1-8H3;/q-2;+2. The predicted octanol–water partition coefficient (Wildman–Crippen LogP) is 18.1. The van der Waals surface area contributed by atoms with Gasteiger partial charge in [-0.2, -0.15) is 0 Å². The first-order valence-electron chi connectivity index (χ1n) is 31.8. The van der Waals surface area contributed by atoms with Crippen LogP contribution in [-0.4, -0.2) is 77.7 Å². The Hall–Kier alpha value is -9.76. The van der Waals surface area contributed by atoms with E-state index in [1.807, 2.05) is 36.4 Å². The van der Waals surface area contributed by atoms with Crippen molar-refractivity contribution in [2.45, 2.75) is 86.0 Å². The van der Waals surface area contributed by atoms with Gasteiger partial charge in [-0.25, -0.2) is 9.97 Å². The molecule has 15 rings (SSSR count). The molecule has 2 aliphatic rings. The van der Waals surface area contributed by atoms with Gasteiger partial charge in [0.1, 0.15) is 40.2 Å². The molecule has 3 aromatic heterocycles. The summed E-state index contributed by atoms with van der Waals surface area (Å²) in [6.07, 6.45) is 6.84. The van der Waals surface area contributed by atoms with Crippen LogP contribution in [0.3, 0.4) is 0 Å². The van der Waals surface area contributed by atoms with Crippen LogP contribution >= 0.6 is 0 Å². The van der Waals surface area contributed by atoms with E-state index in [1.165, 1.54) is 0 Å². The topological polar surface area (TPSA) is 170 Å². The molecule has 0 unspecified atom stereocenters. The number of hydrogen-bond acceptors (Lipinski definition) is 13. The van der Waals surface area contributed by atoms with Crippen molar-refractivity contribution in [3.05, 3.63) is 127 Å². The van der Waals surface area contributed by atoms with Crippen LogP contribution in [0, 0.1) is 6.92 Å². The minimum Gasteiger partial charge on any atom is -0.495 e. The molecule has 0 amide bonds.